The standard InChI is InChI=1S/C17H24N2O4/c1-4-12(2)23-14-10-13(6-8-18-14)15(20)19-9-5-7-17(3,11-19)16(21)22/h6,8,10,12H,4-5,7,9,11H2,1-3H3,(H,21,22). The molecule has 6 nitrogen and oxygen atoms in total. The number of likely N-dealkylation sites (tertiary alicyclic amines) is 1. The molecule has 1 saturated heterocycles. The molecule has 0 bridgehead atoms. The molecule has 1 aromatic rings. The molecule has 2 atom stereocenters. The Bertz CT molecular complexity index is 590. The molecule has 0 aromatic carbocycles. The van der Waals surface area contributed by atoms with Gasteiger partial charge >= 0.3 is 5.97 Å². The molecule has 23 heavy (non-hydrogen) atoms. The Morgan fingerprint density at radius 1 is 1.52 bits per heavy atom. The zero-order valence-electron chi connectivity index (χ0n) is 13.9. The topological polar surface area (TPSA) is 79.7 Å². The van der Waals surface area contributed by atoms with Crippen LogP contribution in [0.4, 0.5) is 0 Å². The molecule has 0 saturated carbocycles. The van der Waals surface area contributed by atoms with Crippen LogP contribution >= 0.6 is 0 Å². The van der Waals surface area contributed by atoms with Crippen LogP contribution in [0.5, 0.6) is 5.88 Å². The van der Waals surface area contributed by atoms with E-state index in [1.54, 1.807) is 30.2 Å². The maximum atomic E-state index is 12.7. The number of carbonyl (C=O) groups is 2. The molecule has 1 amide bonds. The number of carboxylic acid groups (broad SMARTS) is 1. The number of hydrogen-bond acceptors (Lipinski definition) is 4. The minimum Gasteiger partial charge on any atom is -0.481 e. The van der Waals surface area contributed by atoms with Crippen molar-refractivity contribution in [3.63, 3.8) is 0 Å². The molecule has 1 fully saturated rings. The lowest BCUT2D eigenvalue weighted by Gasteiger charge is -2.37. The fourth-order valence-electron chi connectivity index (χ4n) is 2.67. The minimum atomic E-state index is -0.878. The summed E-state index contributed by atoms with van der Waals surface area (Å²) in [6, 6.07) is 3.26. The SMILES string of the molecule is CCC(C)Oc1cc(C(=O)N2CCCC(C)(C(=O)O)C2)ccn1. The highest BCUT2D eigenvalue weighted by Gasteiger charge is 2.39. The first-order valence-electron chi connectivity index (χ1n) is 8.01. The summed E-state index contributed by atoms with van der Waals surface area (Å²) in [7, 11) is 0. The van der Waals surface area contributed by atoms with Gasteiger partial charge in [-0.15, -0.1) is 0 Å². The fourth-order valence-corrected chi connectivity index (χ4v) is 2.67. The van der Waals surface area contributed by atoms with E-state index in [1.165, 1.54) is 0 Å². The number of amides is 1. The molecule has 1 N–H and O–H groups in total. The second-order valence-corrected chi connectivity index (χ2v) is 6.42. The van der Waals surface area contributed by atoms with Crippen molar-refractivity contribution in [3.8, 4) is 5.88 Å². The Morgan fingerprint density at radius 3 is 2.91 bits per heavy atom. The van der Waals surface area contributed by atoms with Gasteiger partial charge in [0.1, 0.15) is 0 Å². The predicted octanol–water partition coefficient (Wildman–Crippen LogP) is 2.59. The number of piperidine rings is 1. The van der Waals surface area contributed by atoms with Gasteiger partial charge in [-0.1, -0.05) is 6.92 Å². The first-order valence-corrected chi connectivity index (χ1v) is 8.01. The Morgan fingerprint density at radius 2 is 2.26 bits per heavy atom. The summed E-state index contributed by atoms with van der Waals surface area (Å²) in [6.07, 6.45) is 3.70. The lowest BCUT2D eigenvalue weighted by molar-refractivity contribution is -0.150. The maximum absolute atomic E-state index is 12.7. The monoisotopic (exact) mass is 320 g/mol. The molecular formula is C17H24N2O4. The highest BCUT2D eigenvalue weighted by atomic mass is 16.5. The summed E-state index contributed by atoms with van der Waals surface area (Å²) in [6.45, 7) is 6.45. The van der Waals surface area contributed by atoms with Gasteiger partial charge in [0.05, 0.1) is 11.5 Å². The van der Waals surface area contributed by atoms with Crippen molar-refractivity contribution in [1.82, 2.24) is 9.88 Å². The van der Waals surface area contributed by atoms with Gasteiger partial charge < -0.3 is 14.7 Å². The fraction of sp³-hybridized carbons (Fsp3) is 0.588. The molecule has 1 aliphatic heterocycles. The number of nitrogens with zero attached hydrogens (tertiary/aromatic N) is 2. The van der Waals surface area contributed by atoms with E-state index in [4.69, 9.17) is 4.74 Å². The third-order valence-corrected chi connectivity index (χ3v) is 4.38. The van der Waals surface area contributed by atoms with E-state index in [2.05, 4.69) is 4.98 Å². The average Bonchev–Trinajstić information content (AvgIpc) is 2.54. The molecule has 1 aliphatic rings. The Hall–Kier alpha value is -2.11. The first-order chi connectivity index (χ1) is 10.9. The summed E-state index contributed by atoms with van der Waals surface area (Å²) in [4.78, 5) is 29.8. The molecule has 0 spiro atoms. The number of carboxylic acids is 1. The molecule has 6 heteroatoms. The summed E-state index contributed by atoms with van der Waals surface area (Å²) in [5.74, 6) is -0.609. The second kappa shape index (κ2) is 6.98. The summed E-state index contributed by atoms with van der Waals surface area (Å²) in [5.41, 5.74) is -0.398. The van der Waals surface area contributed by atoms with Crippen molar-refractivity contribution in [1.29, 1.82) is 0 Å². The number of hydrogen-bond donors (Lipinski definition) is 1. The maximum Gasteiger partial charge on any atom is 0.311 e. The van der Waals surface area contributed by atoms with Crippen molar-refractivity contribution in [3.05, 3.63) is 23.9 Å². The van der Waals surface area contributed by atoms with Crippen LogP contribution in [0.1, 0.15) is 50.4 Å². The third kappa shape index (κ3) is 4.00. The van der Waals surface area contributed by atoms with Crippen molar-refractivity contribution < 1.29 is 19.4 Å². The van der Waals surface area contributed by atoms with Crippen LogP contribution in [0.25, 0.3) is 0 Å². The Kier molecular flexibility index (Phi) is 5.23. The van der Waals surface area contributed by atoms with Crippen molar-refractivity contribution in [2.45, 2.75) is 46.1 Å². The van der Waals surface area contributed by atoms with Crippen LogP contribution < -0.4 is 4.74 Å². The lowest BCUT2D eigenvalue weighted by Crippen LogP contribution is -2.48. The lowest BCUT2D eigenvalue weighted by atomic mass is 9.82. The number of aliphatic carboxylic acids is 1. The number of carbonyl (C=O) groups excluding carboxylic acids is 1. The molecule has 126 valence electrons. The molecule has 0 radical (unpaired) electrons. The minimum absolute atomic E-state index is 0.0261. The largest absolute Gasteiger partial charge is 0.481 e. The van der Waals surface area contributed by atoms with E-state index in [1.807, 2.05) is 13.8 Å². The van der Waals surface area contributed by atoms with Crippen molar-refractivity contribution in [2.24, 2.45) is 5.41 Å². The van der Waals surface area contributed by atoms with Gasteiger partial charge in [-0.05, 0) is 39.2 Å². The van der Waals surface area contributed by atoms with E-state index in [-0.39, 0.29) is 18.6 Å². The molecule has 1 aromatic heterocycles. The molecular weight excluding hydrogens is 296 g/mol. The Balaban J connectivity index is 2.14. The van der Waals surface area contributed by atoms with Gasteiger partial charge in [-0.3, -0.25) is 9.59 Å². The zero-order valence-corrected chi connectivity index (χ0v) is 13.9. The van der Waals surface area contributed by atoms with E-state index < -0.39 is 11.4 Å². The number of aromatic nitrogens is 1. The van der Waals surface area contributed by atoms with E-state index in [0.29, 0.717) is 30.8 Å². The second-order valence-electron chi connectivity index (χ2n) is 6.42. The molecule has 2 unspecified atom stereocenters. The highest BCUT2D eigenvalue weighted by molar-refractivity contribution is 5.95. The predicted molar refractivity (Wildman–Crippen MR) is 85.5 cm³/mol. The molecule has 0 aliphatic carbocycles. The van der Waals surface area contributed by atoms with Gasteiger partial charge in [-0.2, -0.15) is 0 Å². The number of rotatable bonds is 5. The van der Waals surface area contributed by atoms with Crippen molar-refractivity contribution >= 4 is 11.9 Å². The van der Waals surface area contributed by atoms with Crippen LogP contribution in [-0.4, -0.2) is 46.1 Å². The number of pyridine rings is 1. The van der Waals surface area contributed by atoms with Crippen LogP contribution in [0.2, 0.25) is 0 Å². The molecule has 2 rings (SSSR count). The van der Waals surface area contributed by atoms with Gasteiger partial charge in [0.2, 0.25) is 5.88 Å². The van der Waals surface area contributed by atoms with Gasteiger partial charge in [0.25, 0.3) is 5.91 Å². The molecule has 2 heterocycles. The van der Waals surface area contributed by atoms with Crippen LogP contribution in [0.15, 0.2) is 18.3 Å². The van der Waals surface area contributed by atoms with Gasteiger partial charge in [0.15, 0.2) is 0 Å². The Labute approximate surface area is 136 Å². The van der Waals surface area contributed by atoms with Crippen LogP contribution in [0.3, 0.4) is 0 Å². The van der Waals surface area contributed by atoms with Gasteiger partial charge in [-0.25, -0.2) is 4.98 Å². The van der Waals surface area contributed by atoms with Gasteiger partial charge in [0, 0.05) is 30.9 Å². The van der Waals surface area contributed by atoms with E-state index >= 15 is 0 Å². The summed E-state index contributed by atoms with van der Waals surface area (Å²) >= 11 is 0. The van der Waals surface area contributed by atoms with Crippen molar-refractivity contribution in [2.75, 3.05) is 13.1 Å². The zero-order chi connectivity index (χ0) is 17.0. The summed E-state index contributed by atoms with van der Waals surface area (Å²) in [5, 5.41) is 9.37. The normalized spacial score (nSPS) is 22.5. The quantitative estimate of drug-likeness (QED) is 0.902. The van der Waals surface area contributed by atoms with E-state index in [0.717, 1.165) is 6.42 Å². The third-order valence-electron chi connectivity index (χ3n) is 4.38. The number of ether oxygens (including phenoxy) is 1. The van der Waals surface area contributed by atoms with E-state index in [9.17, 15) is 14.7 Å². The smallest absolute Gasteiger partial charge is 0.311 e. The van der Waals surface area contributed by atoms with Crippen LogP contribution in [-0.2, 0) is 4.79 Å². The first kappa shape index (κ1) is 17.2. The average molecular weight is 320 g/mol. The summed E-state index contributed by atoms with van der Waals surface area (Å²) < 4.78 is 5.64. The van der Waals surface area contributed by atoms with Crippen LogP contribution in [0, 0.1) is 5.41 Å². The highest BCUT2D eigenvalue weighted by Crippen LogP contribution is 2.30.